The summed E-state index contributed by atoms with van der Waals surface area (Å²) in [6.07, 6.45) is 0. The molecule has 0 fully saturated rings. The van der Waals surface area contributed by atoms with Crippen molar-refractivity contribution in [1.82, 2.24) is 14.5 Å². The number of ether oxygens (including phenoxy) is 1. The fourth-order valence-electron chi connectivity index (χ4n) is 3.56. The van der Waals surface area contributed by atoms with Crippen molar-refractivity contribution in [3.63, 3.8) is 0 Å². The predicted molar refractivity (Wildman–Crippen MR) is 126 cm³/mol. The summed E-state index contributed by atoms with van der Waals surface area (Å²) in [5.74, 6) is 0.973. The number of hydrogen-bond acceptors (Lipinski definition) is 4. The van der Waals surface area contributed by atoms with Gasteiger partial charge in [0.15, 0.2) is 0 Å². The number of carbonyl (C=O) groups excluding carboxylic acids is 1. The molecule has 32 heavy (non-hydrogen) atoms. The van der Waals surface area contributed by atoms with Crippen LogP contribution in [0.25, 0.3) is 16.6 Å². The minimum absolute atomic E-state index is 0.223. The molecule has 3 aromatic carbocycles. The van der Waals surface area contributed by atoms with E-state index >= 15 is 0 Å². The molecule has 0 aliphatic rings. The summed E-state index contributed by atoms with van der Waals surface area (Å²) in [5.41, 5.74) is 1.60. The molecule has 7 nitrogen and oxygen atoms in total. The Bertz CT molecular complexity index is 1320. The minimum Gasteiger partial charge on any atom is -0.495 e. The van der Waals surface area contributed by atoms with Gasteiger partial charge in [0, 0.05) is 12.7 Å². The van der Waals surface area contributed by atoms with Crippen molar-refractivity contribution in [3.05, 3.63) is 95.0 Å². The highest BCUT2D eigenvalue weighted by atomic mass is 16.5. The average molecular weight is 428 g/mol. The molecule has 1 atom stereocenters. The van der Waals surface area contributed by atoms with Crippen molar-refractivity contribution < 1.29 is 9.53 Å². The number of amides is 2. The van der Waals surface area contributed by atoms with E-state index in [9.17, 15) is 9.59 Å². The third-order valence-electron chi connectivity index (χ3n) is 5.43. The Hall–Kier alpha value is -4.13. The summed E-state index contributed by atoms with van der Waals surface area (Å²) in [4.78, 5) is 32.8. The van der Waals surface area contributed by atoms with Crippen molar-refractivity contribution in [2.75, 3.05) is 19.5 Å². The van der Waals surface area contributed by atoms with Gasteiger partial charge < -0.3 is 15.0 Å². The van der Waals surface area contributed by atoms with Crippen molar-refractivity contribution in [1.29, 1.82) is 0 Å². The van der Waals surface area contributed by atoms with Gasteiger partial charge in [0.1, 0.15) is 11.6 Å². The van der Waals surface area contributed by atoms with Crippen molar-refractivity contribution in [2.24, 2.45) is 0 Å². The molecule has 162 valence electrons. The highest BCUT2D eigenvalue weighted by molar-refractivity contribution is 5.89. The van der Waals surface area contributed by atoms with Crippen LogP contribution < -0.4 is 15.6 Å². The molecule has 0 bridgehead atoms. The quantitative estimate of drug-likeness (QED) is 0.503. The molecular formula is C25H24N4O3. The van der Waals surface area contributed by atoms with E-state index < -0.39 is 6.04 Å². The fraction of sp³-hybridized carbons (Fsp3) is 0.160. The van der Waals surface area contributed by atoms with Gasteiger partial charge in [-0.3, -0.25) is 9.36 Å². The maximum atomic E-state index is 13.6. The number of methoxy groups -OCH3 is 1. The van der Waals surface area contributed by atoms with Crippen LogP contribution in [-0.4, -0.2) is 34.6 Å². The van der Waals surface area contributed by atoms with Crippen molar-refractivity contribution in [3.8, 4) is 11.4 Å². The van der Waals surface area contributed by atoms with Crippen molar-refractivity contribution >= 4 is 22.6 Å². The van der Waals surface area contributed by atoms with Gasteiger partial charge in [0.2, 0.25) is 0 Å². The molecular weight excluding hydrogens is 404 g/mol. The normalized spacial score (nSPS) is 11.7. The molecule has 2 amide bonds. The summed E-state index contributed by atoms with van der Waals surface area (Å²) < 4.78 is 7.03. The number of para-hydroxylation sites is 4. The van der Waals surface area contributed by atoms with Crippen LogP contribution in [0.15, 0.2) is 83.7 Å². The number of benzene rings is 3. The molecule has 0 aliphatic heterocycles. The standard InChI is InChI=1S/C25H24N4O3/c1-17(28(2)25(31)26-18-11-5-4-6-12-18)23-27-20-14-8-7-13-19(20)24(30)29(23)21-15-9-10-16-22(21)32-3/h4-17H,1-3H3,(H,26,31). The monoisotopic (exact) mass is 428 g/mol. The smallest absolute Gasteiger partial charge is 0.322 e. The van der Waals surface area contributed by atoms with Gasteiger partial charge in [0.25, 0.3) is 5.56 Å². The van der Waals surface area contributed by atoms with Crippen LogP contribution in [0.2, 0.25) is 0 Å². The topological polar surface area (TPSA) is 76.5 Å². The van der Waals surface area contributed by atoms with E-state index in [2.05, 4.69) is 5.32 Å². The Balaban J connectivity index is 1.83. The molecule has 0 spiro atoms. The van der Waals surface area contributed by atoms with Crippen LogP contribution in [0, 0.1) is 0 Å². The van der Waals surface area contributed by atoms with E-state index in [1.165, 1.54) is 9.47 Å². The third kappa shape index (κ3) is 3.92. The largest absolute Gasteiger partial charge is 0.495 e. The zero-order valence-corrected chi connectivity index (χ0v) is 18.1. The number of carbonyl (C=O) groups is 1. The zero-order chi connectivity index (χ0) is 22.7. The van der Waals surface area contributed by atoms with Gasteiger partial charge >= 0.3 is 6.03 Å². The number of urea groups is 1. The van der Waals surface area contributed by atoms with Gasteiger partial charge in [-0.1, -0.05) is 42.5 Å². The molecule has 4 rings (SSSR count). The third-order valence-corrected chi connectivity index (χ3v) is 5.43. The molecule has 0 aliphatic carbocycles. The number of rotatable bonds is 5. The SMILES string of the molecule is COc1ccccc1-n1c(C(C)N(C)C(=O)Nc2ccccc2)nc2ccccc2c1=O. The first-order valence-electron chi connectivity index (χ1n) is 10.2. The zero-order valence-electron chi connectivity index (χ0n) is 18.1. The molecule has 1 N–H and O–H groups in total. The van der Waals surface area contributed by atoms with E-state index in [-0.39, 0.29) is 11.6 Å². The predicted octanol–water partition coefficient (Wildman–Crippen LogP) is 4.62. The average Bonchev–Trinajstić information content (AvgIpc) is 2.83. The first kappa shape index (κ1) is 21.1. The summed E-state index contributed by atoms with van der Waals surface area (Å²) in [5, 5.41) is 3.36. The molecule has 0 saturated heterocycles. The molecule has 1 heterocycles. The van der Waals surface area contributed by atoms with Crippen molar-refractivity contribution in [2.45, 2.75) is 13.0 Å². The molecule has 0 radical (unpaired) electrons. The van der Waals surface area contributed by atoms with Gasteiger partial charge in [0.05, 0.1) is 29.7 Å². The second-order valence-electron chi connectivity index (χ2n) is 7.38. The van der Waals surface area contributed by atoms with Gasteiger partial charge in [-0.25, -0.2) is 9.78 Å². The molecule has 7 heteroatoms. The van der Waals surface area contributed by atoms with Gasteiger partial charge in [-0.15, -0.1) is 0 Å². The van der Waals surface area contributed by atoms with Crippen LogP contribution >= 0.6 is 0 Å². The number of nitrogens with one attached hydrogen (secondary N) is 1. The molecule has 1 unspecified atom stereocenters. The lowest BCUT2D eigenvalue weighted by Gasteiger charge is -2.27. The molecule has 1 aromatic heterocycles. The lowest BCUT2D eigenvalue weighted by atomic mass is 10.2. The van der Waals surface area contributed by atoms with E-state index in [4.69, 9.17) is 9.72 Å². The number of aromatic nitrogens is 2. The van der Waals surface area contributed by atoms with Crippen LogP contribution in [-0.2, 0) is 0 Å². The maximum absolute atomic E-state index is 13.6. The van der Waals surface area contributed by atoms with Crippen LogP contribution in [0.3, 0.4) is 0 Å². The highest BCUT2D eigenvalue weighted by Crippen LogP contribution is 2.27. The van der Waals surface area contributed by atoms with Crippen LogP contribution in [0.5, 0.6) is 5.75 Å². The Morgan fingerprint density at radius 1 is 1.00 bits per heavy atom. The van der Waals surface area contributed by atoms with Crippen LogP contribution in [0.4, 0.5) is 10.5 Å². The Morgan fingerprint density at radius 2 is 1.66 bits per heavy atom. The Morgan fingerprint density at radius 3 is 2.41 bits per heavy atom. The molecule has 0 saturated carbocycles. The summed E-state index contributed by atoms with van der Waals surface area (Å²) in [6, 6.07) is 22.8. The first-order valence-corrected chi connectivity index (χ1v) is 10.2. The van der Waals surface area contributed by atoms with Crippen LogP contribution in [0.1, 0.15) is 18.8 Å². The summed E-state index contributed by atoms with van der Waals surface area (Å²) in [7, 11) is 3.23. The van der Waals surface area contributed by atoms with E-state index in [0.717, 1.165) is 0 Å². The minimum atomic E-state index is -0.513. The summed E-state index contributed by atoms with van der Waals surface area (Å²) >= 11 is 0. The second kappa shape index (κ2) is 8.93. The van der Waals surface area contributed by atoms with Gasteiger partial charge in [-0.05, 0) is 43.3 Å². The highest BCUT2D eigenvalue weighted by Gasteiger charge is 2.25. The summed E-state index contributed by atoms with van der Waals surface area (Å²) in [6.45, 7) is 1.84. The number of hydrogen-bond donors (Lipinski definition) is 1. The molecule has 4 aromatic rings. The lowest BCUT2D eigenvalue weighted by Crippen LogP contribution is -2.37. The first-order chi connectivity index (χ1) is 15.5. The maximum Gasteiger partial charge on any atom is 0.322 e. The second-order valence-corrected chi connectivity index (χ2v) is 7.38. The van der Waals surface area contributed by atoms with E-state index in [1.54, 1.807) is 44.5 Å². The number of fused-ring (bicyclic) bond motifs is 1. The fourth-order valence-corrected chi connectivity index (χ4v) is 3.56. The Labute approximate surface area is 185 Å². The Kier molecular flexibility index (Phi) is 5.89. The van der Waals surface area contributed by atoms with E-state index in [1.807, 2.05) is 55.5 Å². The van der Waals surface area contributed by atoms with Gasteiger partial charge in [-0.2, -0.15) is 0 Å². The number of anilines is 1. The lowest BCUT2D eigenvalue weighted by molar-refractivity contribution is 0.205. The van der Waals surface area contributed by atoms with E-state index in [0.29, 0.717) is 33.9 Å². The number of nitrogens with zero attached hydrogens (tertiary/aromatic N) is 3.